The van der Waals surface area contributed by atoms with Gasteiger partial charge in [0.2, 0.25) is 0 Å². The van der Waals surface area contributed by atoms with Gasteiger partial charge < -0.3 is 9.64 Å². The number of ether oxygens (including phenoxy) is 1. The summed E-state index contributed by atoms with van der Waals surface area (Å²) in [6.45, 7) is 11.2. The molecule has 1 aliphatic heterocycles. The van der Waals surface area contributed by atoms with Crippen molar-refractivity contribution in [1.29, 1.82) is 0 Å². The number of aromatic nitrogens is 2. The summed E-state index contributed by atoms with van der Waals surface area (Å²) >= 11 is 0. The number of nitrogens with zero attached hydrogens (tertiary/aromatic N) is 5. The third kappa shape index (κ3) is 4.00. The Hall–Kier alpha value is -2.80. The van der Waals surface area contributed by atoms with Gasteiger partial charge in [-0.2, -0.15) is 9.78 Å². The maximum absolute atomic E-state index is 12.9. The molecule has 0 saturated carbocycles. The van der Waals surface area contributed by atoms with E-state index in [1.165, 1.54) is 4.68 Å². The maximum Gasteiger partial charge on any atom is 0.278 e. The number of rotatable bonds is 6. The summed E-state index contributed by atoms with van der Waals surface area (Å²) in [6, 6.07) is 6.13. The molecule has 0 spiro atoms. The Morgan fingerprint density at radius 3 is 2.59 bits per heavy atom. The number of anilines is 1. The molecule has 0 amide bonds. The molecule has 1 aliphatic rings. The van der Waals surface area contributed by atoms with Gasteiger partial charge in [0, 0.05) is 37.6 Å². The predicted molar refractivity (Wildman–Crippen MR) is 118 cm³/mol. The highest BCUT2D eigenvalue weighted by molar-refractivity contribution is 6.48. The Kier molecular flexibility index (Phi) is 5.98. The average molecular weight is 396 g/mol. The van der Waals surface area contributed by atoms with E-state index in [2.05, 4.69) is 21.1 Å². The number of methoxy groups -OCH3 is 1. The normalized spacial score (nSPS) is 14.5. The van der Waals surface area contributed by atoms with Gasteiger partial charge in [-0.3, -0.25) is 4.79 Å². The monoisotopic (exact) mass is 395 g/mol. The predicted octanol–water partition coefficient (Wildman–Crippen LogP) is 3.42. The zero-order valence-corrected chi connectivity index (χ0v) is 18.3. The van der Waals surface area contributed by atoms with E-state index in [1.807, 2.05) is 53.8 Å². The molecule has 0 saturated heterocycles. The van der Waals surface area contributed by atoms with Gasteiger partial charge in [-0.1, -0.05) is 13.8 Å². The second kappa shape index (κ2) is 8.29. The smallest absolute Gasteiger partial charge is 0.278 e. The summed E-state index contributed by atoms with van der Waals surface area (Å²) in [5.41, 5.74) is 5.65. The van der Waals surface area contributed by atoms with Crippen molar-refractivity contribution >= 4 is 22.8 Å². The Labute approximate surface area is 171 Å². The minimum atomic E-state index is -0.112. The molecule has 0 atom stereocenters. The van der Waals surface area contributed by atoms with Crippen molar-refractivity contribution in [3.8, 4) is 0 Å². The summed E-state index contributed by atoms with van der Waals surface area (Å²) in [4.78, 5) is 24.5. The summed E-state index contributed by atoms with van der Waals surface area (Å²) in [5, 5.41) is 4.43. The van der Waals surface area contributed by atoms with E-state index in [4.69, 9.17) is 9.73 Å². The van der Waals surface area contributed by atoms with E-state index in [0.717, 1.165) is 29.2 Å². The first kappa shape index (κ1) is 20.9. The number of hydrogen-bond acceptors (Lipinski definition) is 6. The Morgan fingerprint density at radius 2 is 1.97 bits per heavy atom. The second-order valence-electron chi connectivity index (χ2n) is 7.74. The standard InChI is InChI=1S/C22H29N5O2/c1-13(2)19-15(4)23-21-20(16(5)25-27(21)22(19)28)24-18-9-8-17(12-14(18)3)26(6)10-11-29-7/h8-9,12-13H,10-11H2,1-7H3. The Bertz CT molecular complexity index is 1050. The van der Waals surface area contributed by atoms with E-state index in [1.54, 1.807) is 7.11 Å². The molecule has 0 N–H and O–H groups in total. The summed E-state index contributed by atoms with van der Waals surface area (Å²) in [7, 11) is 3.74. The van der Waals surface area contributed by atoms with Crippen LogP contribution in [0.2, 0.25) is 0 Å². The largest absolute Gasteiger partial charge is 0.383 e. The molecule has 154 valence electrons. The summed E-state index contributed by atoms with van der Waals surface area (Å²) < 4.78 is 6.54. The first-order valence-electron chi connectivity index (χ1n) is 9.83. The average Bonchev–Trinajstić information content (AvgIpc) is 2.97. The van der Waals surface area contributed by atoms with Crippen LogP contribution in [0.1, 0.15) is 49.3 Å². The fourth-order valence-electron chi connectivity index (χ4n) is 3.51. The van der Waals surface area contributed by atoms with Crippen molar-refractivity contribution in [3.05, 3.63) is 51.2 Å². The molecule has 0 bridgehead atoms. The number of benzene rings is 1. The molecule has 0 radical (unpaired) electrons. The lowest BCUT2D eigenvalue weighted by Gasteiger charge is -2.19. The van der Waals surface area contributed by atoms with Gasteiger partial charge in [0.05, 0.1) is 18.0 Å². The highest BCUT2D eigenvalue weighted by Crippen LogP contribution is 2.26. The molecule has 0 unspecified atom stereocenters. The SMILES string of the molecule is COCCN(C)c1ccc(N=C2C(C)=Nn3c2nc(C)c(C(C)C)c3=O)c(C)c1. The fraction of sp³-hybridized carbons (Fsp3) is 0.455. The van der Waals surface area contributed by atoms with E-state index >= 15 is 0 Å². The van der Waals surface area contributed by atoms with E-state index < -0.39 is 0 Å². The molecular formula is C22H29N5O2. The fourth-order valence-corrected chi connectivity index (χ4v) is 3.51. The first-order chi connectivity index (χ1) is 13.7. The summed E-state index contributed by atoms with van der Waals surface area (Å²) in [5.74, 6) is 0.601. The molecule has 1 aromatic carbocycles. The highest BCUT2D eigenvalue weighted by atomic mass is 16.5. The molecule has 7 nitrogen and oxygen atoms in total. The third-order valence-electron chi connectivity index (χ3n) is 5.15. The number of aryl methyl sites for hydroxylation is 2. The van der Waals surface area contributed by atoms with Crippen LogP contribution in [-0.4, -0.2) is 48.4 Å². The third-order valence-corrected chi connectivity index (χ3v) is 5.15. The topological polar surface area (TPSA) is 72.1 Å². The van der Waals surface area contributed by atoms with Crippen LogP contribution in [0.4, 0.5) is 11.4 Å². The van der Waals surface area contributed by atoms with E-state index in [9.17, 15) is 4.79 Å². The van der Waals surface area contributed by atoms with Gasteiger partial charge in [-0.25, -0.2) is 9.98 Å². The van der Waals surface area contributed by atoms with Crippen LogP contribution >= 0.6 is 0 Å². The van der Waals surface area contributed by atoms with Crippen LogP contribution in [0.15, 0.2) is 33.1 Å². The number of fused-ring (bicyclic) bond motifs is 1. The molecule has 1 aromatic heterocycles. The molecular weight excluding hydrogens is 366 g/mol. The van der Waals surface area contributed by atoms with Gasteiger partial charge in [-0.05, 0) is 50.5 Å². The van der Waals surface area contributed by atoms with Gasteiger partial charge >= 0.3 is 0 Å². The number of hydrogen-bond donors (Lipinski definition) is 0. The number of aliphatic imine (C=N–C) groups is 1. The van der Waals surface area contributed by atoms with Crippen molar-refractivity contribution in [2.24, 2.45) is 10.1 Å². The van der Waals surface area contributed by atoms with Gasteiger partial charge in [0.15, 0.2) is 5.82 Å². The molecule has 0 aliphatic carbocycles. The first-order valence-corrected chi connectivity index (χ1v) is 9.83. The van der Waals surface area contributed by atoms with Gasteiger partial charge in [-0.15, -0.1) is 0 Å². The zero-order valence-electron chi connectivity index (χ0n) is 18.3. The lowest BCUT2D eigenvalue weighted by atomic mass is 10.0. The van der Waals surface area contributed by atoms with Crippen molar-refractivity contribution < 1.29 is 4.74 Å². The van der Waals surface area contributed by atoms with Crippen LogP contribution in [0.25, 0.3) is 0 Å². The maximum atomic E-state index is 12.9. The summed E-state index contributed by atoms with van der Waals surface area (Å²) in [6.07, 6.45) is 0. The van der Waals surface area contributed by atoms with Crippen LogP contribution in [0.5, 0.6) is 0 Å². The second-order valence-corrected chi connectivity index (χ2v) is 7.74. The minimum absolute atomic E-state index is 0.0918. The molecule has 7 heteroatoms. The van der Waals surface area contributed by atoms with Gasteiger partial charge in [0.1, 0.15) is 5.71 Å². The quantitative estimate of drug-likeness (QED) is 0.751. The van der Waals surface area contributed by atoms with Gasteiger partial charge in [0.25, 0.3) is 5.56 Å². The van der Waals surface area contributed by atoms with E-state index in [0.29, 0.717) is 29.4 Å². The molecule has 2 heterocycles. The molecule has 2 aromatic rings. The van der Waals surface area contributed by atoms with Crippen LogP contribution in [-0.2, 0) is 4.74 Å². The molecule has 0 fully saturated rings. The molecule has 3 rings (SSSR count). The van der Waals surface area contributed by atoms with Crippen molar-refractivity contribution in [2.45, 2.75) is 40.5 Å². The van der Waals surface area contributed by atoms with Crippen molar-refractivity contribution in [1.82, 2.24) is 9.66 Å². The highest BCUT2D eigenvalue weighted by Gasteiger charge is 2.26. The number of likely N-dealkylation sites (N-methyl/N-ethyl adjacent to an activating group) is 1. The van der Waals surface area contributed by atoms with E-state index in [-0.39, 0.29) is 11.5 Å². The minimum Gasteiger partial charge on any atom is -0.383 e. The van der Waals surface area contributed by atoms with Crippen LogP contribution in [0, 0.1) is 13.8 Å². The molecule has 29 heavy (non-hydrogen) atoms. The van der Waals surface area contributed by atoms with Crippen LogP contribution < -0.4 is 10.5 Å². The lowest BCUT2D eigenvalue weighted by Crippen LogP contribution is -2.27. The van der Waals surface area contributed by atoms with Crippen LogP contribution in [0.3, 0.4) is 0 Å². The van der Waals surface area contributed by atoms with Crippen molar-refractivity contribution in [2.75, 3.05) is 32.2 Å². The zero-order chi connectivity index (χ0) is 21.3. The Morgan fingerprint density at radius 1 is 1.24 bits per heavy atom. The van der Waals surface area contributed by atoms with Crippen molar-refractivity contribution in [3.63, 3.8) is 0 Å². The Balaban J connectivity index is 2.02. The lowest BCUT2D eigenvalue weighted by molar-refractivity contribution is 0.206.